The number of phenols is 1. The van der Waals surface area contributed by atoms with Crippen molar-refractivity contribution in [3.05, 3.63) is 140 Å². The molecular formula is C34H29ClN4O5. The third kappa shape index (κ3) is 3.65. The quantitative estimate of drug-likeness (QED) is 0.270. The zero-order valence-corrected chi connectivity index (χ0v) is 24.6. The average molecular weight is 609 g/mol. The average Bonchev–Trinajstić information content (AvgIpc) is 3.39. The fourth-order valence-electron chi connectivity index (χ4n) is 7.62. The summed E-state index contributed by atoms with van der Waals surface area (Å²) in [7, 11) is 1.42. The molecule has 0 unspecified atom stereocenters. The standard InChI is InChI=1S/C34H29ClN4O5/c1-3-9-20-10-7-15-25(29(20)40)28-24-16-17-37-32(43)36(2)33(44)39(37)27(24)19-26-30(41)38(23-14-8-13-22(35)18-23)31(42)34(26,28)21-11-5-4-6-12-21/h3-8,10-16,18,26-28,40H,1,9,17,19H2,2H3/t26-,27+,28+,34+/m0/s1. The van der Waals surface area contributed by atoms with Crippen molar-refractivity contribution in [2.75, 3.05) is 4.90 Å². The van der Waals surface area contributed by atoms with Gasteiger partial charge in [0.1, 0.15) is 5.75 Å². The summed E-state index contributed by atoms with van der Waals surface area (Å²) in [5.74, 6) is -2.68. The van der Waals surface area contributed by atoms with Gasteiger partial charge in [-0.05, 0) is 47.7 Å². The van der Waals surface area contributed by atoms with Crippen LogP contribution in [0.4, 0.5) is 5.69 Å². The number of rotatable bonds is 5. The van der Waals surface area contributed by atoms with Crippen molar-refractivity contribution in [3.8, 4) is 5.75 Å². The minimum absolute atomic E-state index is 0.00201. The molecule has 0 radical (unpaired) electrons. The van der Waals surface area contributed by atoms with Gasteiger partial charge >= 0.3 is 11.4 Å². The van der Waals surface area contributed by atoms with E-state index in [4.69, 9.17) is 11.6 Å². The Kier molecular flexibility index (Phi) is 6.40. The first-order chi connectivity index (χ1) is 21.2. The molecule has 1 saturated carbocycles. The fourth-order valence-corrected chi connectivity index (χ4v) is 7.81. The number of amides is 2. The molecule has 44 heavy (non-hydrogen) atoms. The number of fused-ring (bicyclic) bond motifs is 4. The van der Waals surface area contributed by atoms with Crippen molar-refractivity contribution >= 4 is 29.1 Å². The number of carbonyl (C=O) groups is 2. The molecule has 2 fully saturated rings. The summed E-state index contributed by atoms with van der Waals surface area (Å²) in [5, 5.41) is 12.2. The van der Waals surface area contributed by atoms with E-state index in [1.54, 1.807) is 42.5 Å². The Morgan fingerprint density at radius 1 is 1.00 bits per heavy atom. The molecule has 1 N–H and O–H groups in total. The van der Waals surface area contributed by atoms with Crippen LogP contribution in [-0.4, -0.2) is 30.9 Å². The van der Waals surface area contributed by atoms with Crippen molar-refractivity contribution in [3.63, 3.8) is 0 Å². The monoisotopic (exact) mass is 608 g/mol. The van der Waals surface area contributed by atoms with Crippen LogP contribution < -0.4 is 16.3 Å². The van der Waals surface area contributed by atoms with Gasteiger partial charge in [0, 0.05) is 23.6 Å². The highest BCUT2D eigenvalue weighted by Crippen LogP contribution is 2.63. The normalized spacial score (nSPS) is 24.0. The number of allylic oxidation sites excluding steroid dienone is 3. The van der Waals surface area contributed by atoms with Crippen LogP contribution in [0.3, 0.4) is 0 Å². The van der Waals surface area contributed by atoms with E-state index in [1.807, 2.05) is 42.5 Å². The van der Waals surface area contributed by atoms with Crippen molar-refractivity contribution in [1.82, 2.24) is 13.9 Å². The predicted molar refractivity (Wildman–Crippen MR) is 166 cm³/mol. The Morgan fingerprint density at radius 3 is 2.48 bits per heavy atom. The minimum atomic E-state index is -1.48. The number of para-hydroxylation sites is 1. The molecule has 3 aliphatic rings. The van der Waals surface area contributed by atoms with Crippen molar-refractivity contribution in [1.29, 1.82) is 0 Å². The number of halogens is 1. The number of imide groups is 1. The highest BCUT2D eigenvalue weighted by molar-refractivity contribution is 6.32. The third-order valence-corrected chi connectivity index (χ3v) is 9.68. The van der Waals surface area contributed by atoms with Crippen LogP contribution in [0.1, 0.15) is 35.1 Å². The van der Waals surface area contributed by atoms with Gasteiger partial charge in [-0.15, -0.1) is 6.58 Å². The van der Waals surface area contributed by atoms with Gasteiger partial charge in [-0.2, -0.15) is 0 Å². The Labute approximate surface area is 257 Å². The summed E-state index contributed by atoms with van der Waals surface area (Å²) in [6.45, 7) is 3.92. The van der Waals surface area contributed by atoms with Gasteiger partial charge in [-0.25, -0.2) is 28.4 Å². The molecule has 3 aromatic carbocycles. The van der Waals surface area contributed by atoms with Gasteiger partial charge in [0.2, 0.25) is 11.8 Å². The molecule has 3 heterocycles. The van der Waals surface area contributed by atoms with Gasteiger partial charge < -0.3 is 5.11 Å². The number of aromatic hydroxyl groups is 1. The van der Waals surface area contributed by atoms with E-state index in [0.717, 1.165) is 4.57 Å². The lowest BCUT2D eigenvalue weighted by molar-refractivity contribution is -0.124. The molecule has 4 aromatic rings. The summed E-state index contributed by atoms with van der Waals surface area (Å²) in [5.41, 5.74) is 0.278. The first-order valence-corrected chi connectivity index (χ1v) is 14.8. The van der Waals surface area contributed by atoms with Crippen LogP contribution in [0, 0.1) is 5.92 Å². The number of anilines is 1. The lowest BCUT2D eigenvalue weighted by Crippen LogP contribution is -2.53. The molecule has 0 bridgehead atoms. The molecule has 4 atom stereocenters. The maximum absolute atomic E-state index is 15.1. The molecule has 222 valence electrons. The Balaban J connectivity index is 1.57. The maximum atomic E-state index is 15.1. The van der Waals surface area contributed by atoms with E-state index in [-0.39, 0.29) is 18.7 Å². The zero-order valence-electron chi connectivity index (χ0n) is 23.9. The Morgan fingerprint density at radius 2 is 1.75 bits per heavy atom. The van der Waals surface area contributed by atoms with E-state index in [0.29, 0.717) is 39.4 Å². The molecule has 2 aliphatic heterocycles. The van der Waals surface area contributed by atoms with Crippen molar-refractivity contribution in [2.24, 2.45) is 13.0 Å². The van der Waals surface area contributed by atoms with E-state index >= 15 is 4.79 Å². The Hall–Kier alpha value is -4.89. The molecule has 9 nitrogen and oxygen atoms in total. The number of hydrogen-bond donors (Lipinski definition) is 1. The number of hydrogen-bond acceptors (Lipinski definition) is 5. The summed E-state index contributed by atoms with van der Waals surface area (Å²) in [4.78, 5) is 57.5. The zero-order chi connectivity index (χ0) is 30.9. The van der Waals surface area contributed by atoms with Gasteiger partial charge in [0.05, 0.1) is 29.6 Å². The molecule has 0 spiro atoms. The predicted octanol–water partition coefficient (Wildman–Crippen LogP) is 4.23. The number of phenolic OH excluding ortho intramolecular Hbond substituents is 1. The van der Waals surface area contributed by atoms with Gasteiger partial charge in [-0.3, -0.25) is 9.59 Å². The third-order valence-electron chi connectivity index (χ3n) is 9.45. The second-order valence-corrected chi connectivity index (χ2v) is 12.0. The second-order valence-electron chi connectivity index (χ2n) is 11.5. The van der Waals surface area contributed by atoms with Crippen LogP contribution in [0.2, 0.25) is 5.02 Å². The number of carbonyl (C=O) groups excluding carboxylic acids is 2. The largest absolute Gasteiger partial charge is 0.507 e. The van der Waals surface area contributed by atoms with Gasteiger partial charge in [-0.1, -0.05) is 78.4 Å². The highest BCUT2D eigenvalue weighted by atomic mass is 35.5. The molecular weight excluding hydrogens is 580 g/mol. The number of aromatic nitrogens is 3. The van der Waals surface area contributed by atoms with E-state index in [1.165, 1.54) is 21.3 Å². The molecule has 7 rings (SSSR count). The summed E-state index contributed by atoms with van der Waals surface area (Å²) < 4.78 is 3.82. The molecule has 1 aliphatic carbocycles. The lowest BCUT2D eigenvalue weighted by Gasteiger charge is -2.49. The molecule has 2 amide bonds. The van der Waals surface area contributed by atoms with E-state index < -0.39 is 46.5 Å². The Bertz CT molecular complexity index is 2020. The minimum Gasteiger partial charge on any atom is -0.507 e. The number of nitrogens with zero attached hydrogens (tertiary/aromatic N) is 4. The molecule has 1 aromatic heterocycles. The van der Waals surface area contributed by atoms with Crippen LogP contribution in [0.15, 0.2) is 107 Å². The van der Waals surface area contributed by atoms with E-state index in [9.17, 15) is 19.5 Å². The lowest BCUT2D eigenvalue weighted by atomic mass is 9.53. The van der Waals surface area contributed by atoms with Crippen molar-refractivity contribution < 1.29 is 14.7 Å². The fraction of sp³-hybridized carbons (Fsp3) is 0.235. The van der Waals surface area contributed by atoms with Crippen LogP contribution in [0.25, 0.3) is 0 Å². The smallest absolute Gasteiger partial charge is 0.347 e. The second kappa shape index (κ2) is 10.1. The summed E-state index contributed by atoms with van der Waals surface area (Å²) in [6, 6.07) is 20.4. The van der Waals surface area contributed by atoms with Crippen LogP contribution in [0.5, 0.6) is 5.75 Å². The summed E-state index contributed by atoms with van der Waals surface area (Å²) >= 11 is 6.33. The topological polar surface area (TPSA) is 107 Å². The SMILES string of the molecule is C=CCc1cccc([C@H]2C3=CCn4c(=O)n(C)c(=O)n4[C@@H]3C[C@H]3C(=O)N(c4cccc(Cl)c4)C(=O)[C@@]23c2ccccc2)c1O. The highest BCUT2D eigenvalue weighted by Gasteiger charge is 2.69. The molecule has 10 heteroatoms. The van der Waals surface area contributed by atoms with Crippen molar-refractivity contribution in [2.45, 2.75) is 36.8 Å². The van der Waals surface area contributed by atoms with Gasteiger partial charge in [0.15, 0.2) is 0 Å². The van der Waals surface area contributed by atoms with Crippen LogP contribution >= 0.6 is 11.6 Å². The first kappa shape index (κ1) is 27.9. The van der Waals surface area contributed by atoms with Crippen LogP contribution in [-0.2, 0) is 35.0 Å². The first-order valence-electron chi connectivity index (χ1n) is 14.4. The maximum Gasteiger partial charge on any atom is 0.347 e. The van der Waals surface area contributed by atoms with E-state index in [2.05, 4.69) is 6.58 Å². The number of benzene rings is 3. The summed E-state index contributed by atoms with van der Waals surface area (Å²) in [6.07, 6.45) is 4.03. The van der Waals surface area contributed by atoms with Gasteiger partial charge in [0.25, 0.3) is 0 Å². The molecule has 1 saturated heterocycles.